The molecule has 1 aromatic carbocycles. The Hall–Kier alpha value is -2.78. The Bertz CT molecular complexity index is 948. The van der Waals surface area contributed by atoms with Crippen molar-refractivity contribution in [2.24, 2.45) is 10.8 Å². The van der Waals surface area contributed by atoms with Crippen molar-refractivity contribution in [2.45, 2.75) is 39.8 Å². The van der Waals surface area contributed by atoms with Crippen molar-refractivity contribution in [1.29, 1.82) is 5.26 Å². The molecule has 29 heavy (non-hydrogen) atoms. The molecule has 0 aliphatic heterocycles. The van der Waals surface area contributed by atoms with E-state index in [1.54, 1.807) is 37.5 Å². The van der Waals surface area contributed by atoms with Crippen LogP contribution in [0.2, 0.25) is 5.02 Å². The smallest absolute Gasteiger partial charge is 0.270 e. The first-order valence-corrected chi connectivity index (χ1v) is 9.80. The van der Waals surface area contributed by atoms with Crippen LogP contribution in [-0.2, 0) is 0 Å². The average Bonchev–Trinajstić information content (AvgIpc) is 2.69. The highest BCUT2D eigenvalue weighted by Gasteiger charge is 2.64. The van der Waals surface area contributed by atoms with Crippen LogP contribution in [0.25, 0.3) is 0 Å². The van der Waals surface area contributed by atoms with Crippen LogP contribution >= 0.6 is 11.6 Å². The van der Waals surface area contributed by atoms with Crippen LogP contribution in [-0.4, -0.2) is 30.1 Å². The molecule has 0 unspecified atom stereocenters. The van der Waals surface area contributed by atoms with Gasteiger partial charge in [-0.1, -0.05) is 39.3 Å². The maximum Gasteiger partial charge on any atom is 0.270 e. The molecule has 0 saturated heterocycles. The fraction of sp³-hybridized carbons (Fsp3) is 0.409. The third-order valence-corrected chi connectivity index (χ3v) is 6.03. The number of ether oxygens (including phenoxy) is 1. The number of aromatic nitrogens is 1. The second-order valence-electron chi connectivity index (χ2n) is 8.48. The first-order valence-electron chi connectivity index (χ1n) is 9.42. The SMILES string of the molecule is CNc1ccc(C(=O)NC2C(C)(C)C(Oc3ccc(C#N)c(Cl)c3)C2(C)C)nc1. The summed E-state index contributed by atoms with van der Waals surface area (Å²) in [5.41, 5.74) is 1.00. The van der Waals surface area contributed by atoms with Crippen LogP contribution in [0.4, 0.5) is 5.69 Å². The van der Waals surface area contributed by atoms with Crippen molar-refractivity contribution in [2.75, 3.05) is 12.4 Å². The van der Waals surface area contributed by atoms with Crippen molar-refractivity contribution in [3.8, 4) is 11.8 Å². The van der Waals surface area contributed by atoms with Crippen LogP contribution in [0.15, 0.2) is 36.5 Å². The van der Waals surface area contributed by atoms with Gasteiger partial charge in [-0.2, -0.15) is 5.26 Å². The molecule has 2 aromatic rings. The number of halogens is 1. The zero-order valence-electron chi connectivity index (χ0n) is 17.2. The number of pyridine rings is 1. The van der Waals surface area contributed by atoms with Crippen LogP contribution in [0.5, 0.6) is 5.75 Å². The summed E-state index contributed by atoms with van der Waals surface area (Å²) in [5, 5.41) is 15.5. The molecule has 1 heterocycles. The molecule has 1 aliphatic rings. The summed E-state index contributed by atoms with van der Waals surface area (Å²) in [6, 6.07) is 10.5. The van der Waals surface area contributed by atoms with E-state index in [9.17, 15) is 4.79 Å². The van der Waals surface area contributed by atoms with E-state index in [2.05, 4.69) is 43.3 Å². The van der Waals surface area contributed by atoms with E-state index in [1.807, 2.05) is 12.1 Å². The second-order valence-corrected chi connectivity index (χ2v) is 8.89. The predicted molar refractivity (Wildman–Crippen MR) is 113 cm³/mol. The van der Waals surface area contributed by atoms with Gasteiger partial charge < -0.3 is 15.4 Å². The molecule has 0 atom stereocenters. The Labute approximate surface area is 176 Å². The third-order valence-electron chi connectivity index (χ3n) is 5.71. The molecule has 7 heteroatoms. The van der Waals surface area contributed by atoms with Gasteiger partial charge in [0, 0.05) is 30.0 Å². The Morgan fingerprint density at radius 2 is 1.90 bits per heavy atom. The summed E-state index contributed by atoms with van der Waals surface area (Å²) in [4.78, 5) is 16.9. The maximum atomic E-state index is 12.7. The molecule has 1 aromatic heterocycles. The van der Waals surface area contributed by atoms with Crippen LogP contribution in [0.3, 0.4) is 0 Å². The van der Waals surface area contributed by atoms with Crippen molar-refractivity contribution in [3.63, 3.8) is 0 Å². The molecular weight excluding hydrogens is 388 g/mol. The molecule has 2 N–H and O–H groups in total. The zero-order valence-corrected chi connectivity index (χ0v) is 18.0. The number of anilines is 1. The molecule has 1 aliphatic carbocycles. The van der Waals surface area contributed by atoms with Crippen LogP contribution < -0.4 is 15.4 Å². The number of carbonyl (C=O) groups excluding carboxylic acids is 1. The summed E-state index contributed by atoms with van der Waals surface area (Å²) >= 11 is 6.13. The van der Waals surface area contributed by atoms with Crippen molar-refractivity contribution in [1.82, 2.24) is 10.3 Å². The fourth-order valence-electron chi connectivity index (χ4n) is 4.48. The monoisotopic (exact) mass is 412 g/mol. The molecule has 0 bridgehead atoms. The highest BCUT2D eigenvalue weighted by molar-refractivity contribution is 6.31. The number of amides is 1. The molecule has 3 rings (SSSR count). The lowest BCUT2D eigenvalue weighted by Crippen LogP contribution is -2.74. The van der Waals surface area contributed by atoms with E-state index < -0.39 is 0 Å². The van der Waals surface area contributed by atoms with Gasteiger partial charge >= 0.3 is 0 Å². The first kappa shape index (κ1) is 20.9. The van der Waals surface area contributed by atoms with E-state index in [0.717, 1.165) is 5.69 Å². The molecule has 0 spiro atoms. The lowest BCUT2D eigenvalue weighted by molar-refractivity contribution is -0.164. The lowest BCUT2D eigenvalue weighted by Gasteiger charge is -2.63. The van der Waals surface area contributed by atoms with E-state index >= 15 is 0 Å². The first-order chi connectivity index (χ1) is 13.6. The van der Waals surface area contributed by atoms with Crippen LogP contribution in [0.1, 0.15) is 43.7 Å². The second kappa shape index (κ2) is 7.57. The molecular formula is C22H25ClN4O2. The van der Waals surface area contributed by atoms with Gasteiger partial charge in [0.25, 0.3) is 5.91 Å². The topological polar surface area (TPSA) is 87.0 Å². The number of hydrogen-bond donors (Lipinski definition) is 2. The molecule has 152 valence electrons. The van der Waals surface area contributed by atoms with Gasteiger partial charge in [0.05, 0.1) is 22.5 Å². The minimum atomic E-state index is -0.315. The van der Waals surface area contributed by atoms with Gasteiger partial charge in [0.2, 0.25) is 0 Å². The normalized spacial score (nSPS) is 21.4. The van der Waals surface area contributed by atoms with Crippen molar-refractivity contribution >= 4 is 23.2 Å². The largest absolute Gasteiger partial charge is 0.489 e. The number of carbonyl (C=O) groups is 1. The van der Waals surface area contributed by atoms with Crippen LogP contribution in [0, 0.1) is 22.2 Å². The summed E-state index contributed by atoms with van der Waals surface area (Å²) in [6.45, 7) is 8.26. The molecule has 1 saturated carbocycles. The van der Waals surface area contributed by atoms with E-state index in [0.29, 0.717) is 22.0 Å². The van der Waals surface area contributed by atoms with E-state index in [4.69, 9.17) is 21.6 Å². The lowest BCUT2D eigenvalue weighted by atomic mass is 9.49. The van der Waals surface area contributed by atoms with Gasteiger partial charge in [0.15, 0.2) is 0 Å². The highest BCUT2D eigenvalue weighted by atomic mass is 35.5. The van der Waals surface area contributed by atoms with E-state index in [1.165, 1.54) is 0 Å². The molecule has 1 amide bonds. The number of rotatable bonds is 5. The number of nitrogens with zero attached hydrogens (tertiary/aromatic N) is 2. The quantitative estimate of drug-likeness (QED) is 0.766. The maximum absolute atomic E-state index is 12.7. The Kier molecular flexibility index (Phi) is 5.46. The average molecular weight is 413 g/mol. The molecule has 6 nitrogen and oxygen atoms in total. The molecule has 1 fully saturated rings. The fourth-order valence-corrected chi connectivity index (χ4v) is 4.69. The molecule has 0 radical (unpaired) electrons. The Morgan fingerprint density at radius 1 is 1.21 bits per heavy atom. The minimum Gasteiger partial charge on any atom is -0.489 e. The number of hydrogen-bond acceptors (Lipinski definition) is 5. The predicted octanol–water partition coefficient (Wildman–Crippen LogP) is 4.26. The Balaban J connectivity index is 1.74. The van der Waals surface area contributed by atoms with Gasteiger partial charge in [-0.25, -0.2) is 4.98 Å². The standard InChI is InChI=1S/C22H25ClN4O2/c1-21(2)19(27-18(28)17-9-7-14(25-5)12-26-17)22(3,4)20(21)29-15-8-6-13(11-24)16(23)10-15/h6-10,12,19-20,25H,1-5H3,(H,27,28). The van der Waals surface area contributed by atoms with Gasteiger partial charge in [-0.05, 0) is 24.3 Å². The van der Waals surface area contributed by atoms with E-state index in [-0.39, 0.29) is 28.9 Å². The van der Waals surface area contributed by atoms with Gasteiger partial charge in [-0.15, -0.1) is 0 Å². The summed E-state index contributed by atoms with van der Waals surface area (Å²) in [7, 11) is 1.80. The Morgan fingerprint density at radius 3 is 2.41 bits per heavy atom. The zero-order chi connectivity index (χ0) is 21.4. The third kappa shape index (κ3) is 3.75. The van der Waals surface area contributed by atoms with Crippen molar-refractivity contribution in [3.05, 3.63) is 52.8 Å². The number of benzene rings is 1. The number of nitriles is 1. The van der Waals surface area contributed by atoms with Crippen molar-refractivity contribution < 1.29 is 9.53 Å². The van der Waals surface area contributed by atoms with Gasteiger partial charge in [-0.3, -0.25) is 4.79 Å². The minimum absolute atomic E-state index is 0.105. The summed E-state index contributed by atoms with van der Waals surface area (Å²) < 4.78 is 6.24. The van der Waals surface area contributed by atoms with Gasteiger partial charge in [0.1, 0.15) is 23.6 Å². The highest BCUT2D eigenvalue weighted by Crippen LogP contribution is 2.55. The summed E-state index contributed by atoms with van der Waals surface area (Å²) in [5.74, 6) is 0.396. The number of nitrogens with one attached hydrogen (secondary N) is 2. The summed E-state index contributed by atoms with van der Waals surface area (Å²) in [6.07, 6.45) is 1.48.